The smallest absolute Gasteiger partial charge is 0.165 e. The Hall–Kier alpha value is -1.09. The number of nitrogens with one attached hydrogen (secondary N) is 1. The molecule has 0 bridgehead atoms. The fraction of sp³-hybridized carbons (Fsp3) is 0.600. The van der Waals surface area contributed by atoms with E-state index in [-0.39, 0.29) is 5.82 Å². The Balaban J connectivity index is 1.84. The van der Waals surface area contributed by atoms with Crippen LogP contribution in [0.3, 0.4) is 0 Å². The molecule has 1 fully saturated rings. The third-order valence-corrected chi connectivity index (χ3v) is 3.83. The van der Waals surface area contributed by atoms with Gasteiger partial charge in [0.1, 0.15) is 0 Å². The summed E-state index contributed by atoms with van der Waals surface area (Å²) in [4.78, 5) is 0. The van der Waals surface area contributed by atoms with Crippen molar-refractivity contribution in [2.24, 2.45) is 5.92 Å². The minimum absolute atomic E-state index is 0.283. The monoisotopic (exact) mass is 251 g/mol. The summed E-state index contributed by atoms with van der Waals surface area (Å²) in [6.45, 7) is 3.05. The van der Waals surface area contributed by atoms with E-state index < -0.39 is 0 Å². The number of ether oxygens (including phenoxy) is 1. The lowest BCUT2D eigenvalue weighted by Gasteiger charge is -2.27. The van der Waals surface area contributed by atoms with Gasteiger partial charge in [0.05, 0.1) is 7.11 Å². The van der Waals surface area contributed by atoms with Crippen LogP contribution in [0.5, 0.6) is 5.75 Å². The van der Waals surface area contributed by atoms with Crippen LogP contribution in [0.15, 0.2) is 18.2 Å². The molecule has 1 aliphatic carbocycles. The molecule has 1 aromatic carbocycles. The highest BCUT2D eigenvalue weighted by Crippen LogP contribution is 2.24. The van der Waals surface area contributed by atoms with Crippen LogP contribution < -0.4 is 10.1 Å². The van der Waals surface area contributed by atoms with Gasteiger partial charge in [-0.25, -0.2) is 4.39 Å². The van der Waals surface area contributed by atoms with Crippen LogP contribution in [-0.4, -0.2) is 13.2 Å². The zero-order valence-corrected chi connectivity index (χ0v) is 11.2. The number of hydrogen-bond acceptors (Lipinski definition) is 2. The van der Waals surface area contributed by atoms with Gasteiger partial charge in [-0.15, -0.1) is 0 Å². The third-order valence-electron chi connectivity index (χ3n) is 3.83. The fourth-order valence-corrected chi connectivity index (χ4v) is 2.55. The second kappa shape index (κ2) is 6.19. The van der Waals surface area contributed by atoms with Crippen LogP contribution in [0.2, 0.25) is 0 Å². The standard InChI is InChI=1S/C15H22FNO/c1-11-3-6-13(7-4-11)17-10-12-5-8-15(18-2)14(16)9-12/h5,8-9,11,13,17H,3-4,6-7,10H2,1-2H3. The van der Waals surface area contributed by atoms with E-state index >= 15 is 0 Å². The van der Waals surface area contributed by atoms with Gasteiger partial charge >= 0.3 is 0 Å². The van der Waals surface area contributed by atoms with Crippen LogP contribution >= 0.6 is 0 Å². The second-order valence-electron chi connectivity index (χ2n) is 5.31. The Morgan fingerprint density at radius 3 is 2.61 bits per heavy atom. The number of hydrogen-bond donors (Lipinski definition) is 1. The second-order valence-corrected chi connectivity index (χ2v) is 5.31. The minimum Gasteiger partial charge on any atom is -0.494 e. The lowest BCUT2D eigenvalue weighted by Crippen LogP contribution is -2.32. The molecule has 1 saturated carbocycles. The Kier molecular flexibility index (Phi) is 4.59. The van der Waals surface area contributed by atoms with E-state index in [0.717, 1.165) is 18.0 Å². The number of benzene rings is 1. The molecule has 0 aliphatic heterocycles. The lowest BCUT2D eigenvalue weighted by atomic mass is 9.87. The minimum atomic E-state index is -0.283. The van der Waals surface area contributed by atoms with Crippen LogP contribution in [0, 0.1) is 11.7 Å². The SMILES string of the molecule is COc1ccc(CNC2CCC(C)CC2)cc1F. The summed E-state index contributed by atoms with van der Waals surface area (Å²) in [5.41, 5.74) is 0.979. The molecule has 18 heavy (non-hydrogen) atoms. The lowest BCUT2D eigenvalue weighted by molar-refractivity contribution is 0.306. The van der Waals surface area contributed by atoms with Crippen molar-refractivity contribution in [2.45, 2.75) is 45.2 Å². The van der Waals surface area contributed by atoms with Crippen molar-refractivity contribution >= 4 is 0 Å². The molecule has 0 aromatic heterocycles. The summed E-state index contributed by atoms with van der Waals surface area (Å²) in [6.07, 6.45) is 5.07. The van der Waals surface area contributed by atoms with Crippen molar-refractivity contribution in [3.05, 3.63) is 29.6 Å². The van der Waals surface area contributed by atoms with E-state index in [1.54, 1.807) is 12.1 Å². The van der Waals surface area contributed by atoms with Crippen molar-refractivity contribution < 1.29 is 9.13 Å². The molecule has 2 rings (SSSR count). The van der Waals surface area contributed by atoms with E-state index in [0.29, 0.717) is 11.8 Å². The van der Waals surface area contributed by atoms with Gasteiger partial charge in [-0.2, -0.15) is 0 Å². The maximum Gasteiger partial charge on any atom is 0.165 e. The normalized spacial score (nSPS) is 23.9. The molecule has 0 spiro atoms. The zero-order valence-electron chi connectivity index (χ0n) is 11.2. The zero-order chi connectivity index (χ0) is 13.0. The largest absolute Gasteiger partial charge is 0.494 e. The first kappa shape index (κ1) is 13.3. The Bertz CT molecular complexity index is 386. The van der Waals surface area contributed by atoms with Crippen molar-refractivity contribution in [1.82, 2.24) is 5.32 Å². The number of rotatable bonds is 4. The molecule has 0 amide bonds. The number of methoxy groups -OCH3 is 1. The van der Waals surface area contributed by atoms with Crippen LogP contribution in [-0.2, 0) is 6.54 Å². The molecule has 0 atom stereocenters. The molecule has 0 unspecified atom stereocenters. The van der Waals surface area contributed by atoms with Gasteiger partial charge < -0.3 is 10.1 Å². The summed E-state index contributed by atoms with van der Waals surface area (Å²) in [5, 5.41) is 3.52. The molecule has 0 radical (unpaired) electrons. The van der Waals surface area contributed by atoms with Gasteiger partial charge in [0.15, 0.2) is 11.6 Å². The Morgan fingerprint density at radius 2 is 2.00 bits per heavy atom. The predicted octanol–water partition coefficient (Wildman–Crippen LogP) is 3.50. The van der Waals surface area contributed by atoms with Crippen LogP contribution in [0.25, 0.3) is 0 Å². The fourth-order valence-electron chi connectivity index (χ4n) is 2.55. The summed E-state index contributed by atoms with van der Waals surface area (Å²) in [7, 11) is 1.49. The van der Waals surface area contributed by atoms with Gasteiger partial charge in [0.25, 0.3) is 0 Å². The average molecular weight is 251 g/mol. The Morgan fingerprint density at radius 1 is 1.28 bits per heavy atom. The molecule has 1 N–H and O–H groups in total. The first-order valence-electron chi connectivity index (χ1n) is 6.75. The number of halogens is 1. The molecule has 100 valence electrons. The van der Waals surface area contributed by atoms with Gasteiger partial charge in [0, 0.05) is 12.6 Å². The molecular weight excluding hydrogens is 229 g/mol. The molecule has 0 saturated heterocycles. The van der Waals surface area contributed by atoms with E-state index in [4.69, 9.17) is 4.74 Å². The third kappa shape index (κ3) is 3.45. The summed E-state index contributed by atoms with van der Waals surface area (Å²) in [6, 6.07) is 5.75. The van der Waals surface area contributed by atoms with Gasteiger partial charge in [-0.05, 0) is 49.3 Å². The highest BCUT2D eigenvalue weighted by molar-refractivity contribution is 5.29. The van der Waals surface area contributed by atoms with Gasteiger partial charge in [-0.1, -0.05) is 13.0 Å². The van der Waals surface area contributed by atoms with E-state index in [1.807, 2.05) is 6.07 Å². The van der Waals surface area contributed by atoms with Crippen LogP contribution in [0.4, 0.5) is 4.39 Å². The molecule has 3 heteroatoms. The van der Waals surface area contributed by atoms with E-state index in [2.05, 4.69) is 12.2 Å². The maximum atomic E-state index is 13.5. The van der Waals surface area contributed by atoms with Crippen molar-refractivity contribution in [1.29, 1.82) is 0 Å². The van der Waals surface area contributed by atoms with Crippen molar-refractivity contribution in [3.63, 3.8) is 0 Å². The maximum absolute atomic E-state index is 13.5. The Labute approximate surface area is 109 Å². The summed E-state index contributed by atoms with van der Waals surface area (Å²) < 4.78 is 18.4. The summed E-state index contributed by atoms with van der Waals surface area (Å²) in [5.74, 6) is 0.890. The predicted molar refractivity (Wildman–Crippen MR) is 71.2 cm³/mol. The van der Waals surface area contributed by atoms with Crippen molar-refractivity contribution in [2.75, 3.05) is 7.11 Å². The van der Waals surface area contributed by atoms with Crippen molar-refractivity contribution in [3.8, 4) is 5.75 Å². The molecule has 1 aromatic rings. The van der Waals surface area contributed by atoms with E-state index in [9.17, 15) is 4.39 Å². The van der Waals surface area contributed by atoms with E-state index in [1.165, 1.54) is 32.8 Å². The summed E-state index contributed by atoms with van der Waals surface area (Å²) >= 11 is 0. The quantitative estimate of drug-likeness (QED) is 0.884. The molecular formula is C15H22FNO. The van der Waals surface area contributed by atoms with Gasteiger partial charge in [-0.3, -0.25) is 0 Å². The topological polar surface area (TPSA) is 21.3 Å². The van der Waals surface area contributed by atoms with Crippen LogP contribution in [0.1, 0.15) is 38.2 Å². The highest BCUT2D eigenvalue weighted by Gasteiger charge is 2.17. The first-order valence-corrected chi connectivity index (χ1v) is 6.75. The highest BCUT2D eigenvalue weighted by atomic mass is 19.1. The molecule has 2 nitrogen and oxygen atoms in total. The first-order chi connectivity index (χ1) is 8.69. The van der Waals surface area contributed by atoms with Gasteiger partial charge in [0.2, 0.25) is 0 Å². The molecule has 0 heterocycles. The molecule has 1 aliphatic rings. The average Bonchev–Trinajstić information content (AvgIpc) is 2.38.